The molecule has 0 saturated heterocycles. The van der Waals surface area contributed by atoms with E-state index in [1.807, 2.05) is 0 Å². The van der Waals surface area contributed by atoms with Gasteiger partial charge in [-0.1, -0.05) is 229 Å². The van der Waals surface area contributed by atoms with Crippen molar-refractivity contribution in [3.05, 3.63) is 60.8 Å². The van der Waals surface area contributed by atoms with Crippen LogP contribution in [-0.2, 0) is 23.8 Å². The number of ether oxygens (including phenoxy) is 3. The van der Waals surface area contributed by atoms with Crippen molar-refractivity contribution in [3.63, 3.8) is 0 Å². The van der Waals surface area contributed by atoms with Gasteiger partial charge in [0.2, 0.25) is 0 Å². The largest absolute Gasteiger partial charge is 0.462 e. The Morgan fingerprint density at radius 2 is 0.726 bits per heavy atom. The smallest absolute Gasteiger partial charge is 0.306 e. The van der Waals surface area contributed by atoms with Gasteiger partial charge in [-0.25, -0.2) is 0 Å². The Morgan fingerprint density at radius 1 is 0.371 bits per heavy atom. The van der Waals surface area contributed by atoms with Crippen molar-refractivity contribution in [2.24, 2.45) is 0 Å². The highest BCUT2D eigenvalue weighted by Crippen LogP contribution is 2.15. The summed E-state index contributed by atoms with van der Waals surface area (Å²) in [5.41, 5.74) is 0. The fraction of sp³-hybridized carbons (Fsp3) is 0.789. The number of esters is 2. The molecule has 0 heterocycles. The van der Waals surface area contributed by atoms with Gasteiger partial charge in [-0.3, -0.25) is 9.59 Å². The van der Waals surface area contributed by atoms with Crippen LogP contribution < -0.4 is 0 Å². The van der Waals surface area contributed by atoms with Crippen LogP contribution in [0.4, 0.5) is 0 Å². The molecule has 0 aliphatic rings. The summed E-state index contributed by atoms with van der Waals surface area (Å²) in [6, 6.07) is 0. The van der Waals surface area contributed by atoms with Crippen molar-refractivity contribution in [1.29, 1.82) is 0 Å². The van der Waals surface area contributed by atoms with Crippen LogP contribution in [0.15, 0.2) is 60.8 Å². The lowest BCUT2D eigenvalue weighted by Gasteiger charge is -2.18. The van der Waals surface area contributed by atoms with Gasteiger partial charge < -0.3 is 14.2 Å². The first kappa shape index (κ1) is 59.6. The Kier molecular flexibility index (Phi) is 50.9. The fourth-order valence-electron chi connectivity index (χ4n) is 7.56. The van der Waals surface area contributed by atoms with E-state index in [9.17, 15) is 9.59 Å². The molecule has 0 aromatic rings. The van der Waals surface area contributed by atoms with E-state index in [0.29, 0.717) is 19.4 Å². The molecule has 0 saturated carbocycles. The van der Waals surface area contributed by atoms with Gasteiger partial charge in [0.15, 0.2) is 6.10 Å². The Balaban J connectivity index is 4.15. The molecule has 1 unspecified atom stereocenters. The van der Waals surface area contributed by atoms with Gasteiger partial charge in [0.25, 0.3) is 0 Å². The molecule has 5 nitrogen and oxygen atoms in total. The van der Waals surface area contributed by atoms with Gasteiger partial charge in [-0.15, -0.1) is 0 Å². The first-order valence-electron chi connectivity index (χ1n) is 26.8. The second kappa shape index (κ2) is 52.9. The summed E-state index contributed by atoms with van der Waals surface area (Å²) < 4.78 is 17.4. The van der Waals surface area contributed by atoms with E-state index in [1.54, 1.807) is 0 Å². The van der Waals surface area contributed by atoms with Gasteiger partial charge in [0.05, 0.1) is 6.61 Å². The molecule has 0 fully saturated rings. The van der Waals surface area contributed by atoms with Gasteiger partial charge in [0.1, 0.15) is 6.61 Å². The van der Waals surface area contributed by atoms with Gasteiger partial charge in [-0.2, -0.15) is 0 Å². The zero-order chi connectivity index (χ0) is 44.9. The van der Waals surface area contributed by atoms with Gasteiger partial charge in [-0.05, 0) is 83.5 Å². The average molecular weight is 867 g/mol. The predicted molar refractivity (Wildman–Crippen MR) is 270 cm³/mol. The standard InChI is InChI=1S/C57H102O5/c1-4-7-10-13-16-19-21-23-25-27-29-31-33-35-37-39-41-44-47-50-56(58)61-54-55(53-60-52-49-46-43-18-15-12-9-6-3)62-57(59)51-48-45-42-40-38-36-34-32-30-28-26-24-22-20-17-14-11-8-5-2/h7,10,16,19,23-26,29,31,55H,4-6,8-9,11-15,17-18,20-22,27-28,30,32-54H2,1-3H3/b10-7-,19-16-,25-23-,26-24-,31-29-. The van der Waals surface area contributed by atoms with Crippen molar-refractivity contribution in [3.8, 4) is 0 Å². The second-order valence-electron chi connectivity index (χ2n) is 17.8. The van der Waals surface area contributed by atoms with Crippen LogP contribution in [0.25, 0.3) is 0 Å². The van der Waals surface area contributed by atoms with E-state index >= 15 is 0 Å². The van der Waals surface area contributed by atoms with E-state index < -0.39 is 6.10 Å². The molecule has 0 aromatic carbocycles. The van der Waals surface area contributed by atoms with E-state index in [-0.39, 0.29) is 25.2 Å². The molecule has 0 aliphatic heterocycles. The highest BCUT2D eigenvalue weighted by atomic mass is 16.6. The summed E-state index contributed by atoms with van der Waals surface area (Å²) in [4.78, 5) is 25.4. The third-order valence-corrected chi connectivity index (χ3v) is 11.5. The monoisotopic (exact) mass is 867 g/mol. The highest BCUT2D eigenvalue weighted by molar-refractivity contribution is 5.70. The molecular weight excluding hydrogens is 765 g/mol. The van der Waals surface area contributed by atoms with E-state index in [0.717, 1.165) is 77.0 Å². The van der Waals surface area contributed by atoms with Crippen LogP contribution in [0.5, 0.6) is 0 Å². The normalized spacial score (nSPS) is 12.6. The zero-order valence-electron chi connectivity index (χ0n) is 41.4. The average Bonchev–Trinajstić information content (AvgIpc) is 3.27. The maximum absolute atomic E-state index is 12.8. The van der Waals surface area contributed by atoms with E-state index in [4.69, 9.17) is 14.2 Å². The molecule has 0 bridgehead atoms. The number of carbonyl (C=O) groups is 2. The maximum atomic E-state index is 12.8. The minimum Gasteiger partial charge on any atom is -0.462 e. The molecule has 62 heavy (non-hydrogen) atoms. The summed E-state index contributed by atoms with van der Waals surface area (Å²) >= 11 is 0. The number of hydrogen-bond acceptors (Lipinski definition) is 5. The molecule has 0 aliphatic carbocycles. The molecule has 0 N–H and O–H groups in total. The van der Waals surface area contributed by atoms with Crippen LogP contribution in [-0.4, -0.2) is 37.9 Å². The van der Waals surface area contributed by atoms with Crippen molar-refractivity contribution in [2.75, 3.05) is 19.8 Å². The van der Waals surface area contributed by atoms with Gasteiger partial charge in [0, 0.05) is 19.4 Å². The van der Waals surface area contributed by atoms with Crippen LogP contribution in [0.1, 0.15) is 265 Å². The molecule has 360 valence electrons. The third kappa shape index (κ3) is 50.2. The quantitative estimate of drug-likeness (QED) is 0.0346. The second-order valence-corrected chi connectivity index (χ2v) is 17.8. The number of rotatable bonds is 49. The minimum atomic E-state index is -0.540. The first-order chi connectivity index (χ1) is 30.6. The molecule has 1 atom stereocenters. The van der Waals surface area contributed by atoms with Crippen molar-refractivity contribution in [2.45, 2.75) is 271 Å². The summed E-state index contributed by atoms with van der Waals surface area (Å²) in [6.07, 6.45) is 66.6. The lowest BCUT2D eigenvalue weighted by atomic mass is 10.1. The Bertz CT molecular complexity index is 1070. The van der Waals surface area contributed by atoms with Crippen molar-refractivity contribution < 1.29 is 23.8 Å². The lowest BCUT2D eigenvalue weighted by Crippen LogP contribution is -2.30. The van der Waals surface area contributed by atoms with Crippen LogP contribution in [0.2, 0.25) is 0 Å². The number of carbonyl (C=O) groups excluding carboxylic acids is 2. The Hall–Kier alpha value is -2.40. The molecule has 0 aromatic heterocycles. The molecule has 5 heteroatoms. The molecule has 0 amide bonds. The summed E-state index contributed by atoms with van der Waals surface area (Å²) in [7, 11) is 0. The van der Waals surface area contributed by atoms with E-state index in [1.165, 1.54) is 154 Å². The third-order valence-electron chi connectivity index (χ3n) is 11.5. The zero-order valence-corrected chi connectivity index (χ0v) is 41.4. The molecule has 0 spiro atoms. The summed E-state index contributed by atoms with van der Waals surface area (Å²) in [6.45, 7) is 7.71. The predicted octanol–water partition coefficient (Wildman–Crippen LogP) is 18.1. The Morgan fingerprint density at radius 3 is 1.18 bits per heavy atom. The molecule has 0 radical (unpaired) electrons. The SMILES string of the molecule is CC/C=C\C/C=C\C/C=C\C/C=C\CCCCCCCCC(=O)OCC(COCCCCCCCCCC)OC(=O)CCCCCCCCCCC/C=C\CCCCCCCC. The first-order valence-corrected chi connectivity index (χ1v) is 26.8. The van der Waals surface area contributed by atoms with Gasteiger partial charge >= 0.3 is 11.9 Å². The van der Waals surface area contributed by atoms with Crippen LogP contribution in [0.3, 0.4) is 0 Å². The van der Waals surface area contributed by atoms with E-state index in [2.05, 4.69) is 81.5 Å². The topological polar surface area (TPSA) is 61.8 Å². The van der Waals surface area contributed by atoms with Crippen LogP contribution in [0, 0.1) is 0 Å². The molecular formula is C57H102O5. The van der Waals surface area contributed by atoms with Crippen molar-refractivity contribution in [1.82, 2.24) is 0 Å². The lowest BCUT2D eigenvalue weighted by molar-refractivity contribution is -0.163. The maximum Gasteiger partial charge on any atom is 0.306 e. The fourth-order valence-corrected chi connectivity index (χ4v) is 7.56. The highest BCUT2D eigenvalue weighted by Gasteiger charge is 2.17. The Labute approximate surface area is 385 Å². The summed E-state index contributed by atoms with van der Waals surface area (Å²) in [5.74, 6) is -0.408. The van der Waals surface area contributed by atoms with Crippen LogP contribution >= 0.6 is 0 Å². The number of hydrogen-bond donors (Lipinski definition) is 0. The number of allylic oxidation sites excluding steroid dienone is 10. The summed E-state index contributed by atoms with van der Waals surface area (Å²) in [5, 5.41) is 0. The van der Waals surface area contributed by atoms with Crippen molar-refractivity contribution >= 4 is 11.9 Å². The number of unbranched alkanes of at least 4 members (excludes halogenated alkanes) is 28. The molecule has 0 rings (SSSR count). The minimum absolute atomic E-state index is 0.0782.